The molecule has 0 aliphatic rings. The number of ether oxygens (including phenoxy) is 3. The van der Waals surface area contributed by atoms with Crippen molar-refractivity contribution in [2.75, 3.05) is 32.0 Å². The molecule has 2 amide bonds. The van der Waals surface area contributed by atoms with Gasteiger partial charge in [0.1, 0.15) is 65.9 Å². The highest BCUT2D eigenvalue weighted by Gasteiger charge is 2.39. The summed E-state index contributed by atoms with van der Waals surface area (Å²) in [6.45, 7) is 6.32. The zero-order valence-corrected chi connectivity index (χ0v) is 41.7. The summed E-state index contributed by atoms with van der Waals surface area (Å²) in [5.74, 6) is -7.77. The molecule has 4 aromatic rings. The Bertz CT molecular complexity index is 2660. The van der Waals surface area contributed by atoms with Gasteiger partial charge in [-0.25, -0.2) is 29.1 Å². The number of aliphatic carboxylic acids is 2. The molecule has 2 aromatic carbocycles. The van der Waals surface area contributed by atoms with Crippen LogP contribution in [0.4, 0.5) is 32.2 Å². The molecule has 406 valence electrons. The van der Waals surface area contributed by atoms with Crippen molar-refractivity contribution >= 4 is 64.9 Å². The predicted octanol–water partition coefficient (Wildman–Crippen LogP) is 5.75. The molecule has 2 aromatic heterocycles. The van der Waals surface area contributed by atoms with Crippen LogP contribution in [0, 0.1) is 34.5 Å². The molecule has 0 saturated heterocycles. The molecule has 0 saturated carbocycles. The van der Waals surface area contributed by atoms with Crippen LogP contribution in [0.1, 0.15) is 57.4 Å². The van der Waals surface area contributed by atoms with Gasteiger partial charge >= 0.3 is 36.2 Å². The summed E-state index contributed by atoms with van der Waals surface area (Å²) in [6.07, 6.45) is -9.83. The molecule has 0 fully saturated rings. The number of anilines is 1. The number of carbonyl (C=O) groups is 6. The van der Waals surface area contributed by atoms with Gasteiger partial charge < -0.3 is 56.7 Å². The number of pyridine rings is 1. The average Bonchev–Trinajstić information content (AvgIpc) is 3.81. The first-order valence-electron chi connectivity index (χ1n) is 21.7. The van der Waals surface area contributed by atoms with Crippen LogP contribution in [0.5, 0.6) is 5.75 Å². The Morgan fingerprint density at radius 3 is 1.69 bits per heavy atom. The molecule has 0 aliphatic carbocycles. The zero-order chi connectivity index (χ0) is 56.8. The molecule has 0 aliphatic heterocycles. The molecule has 1 unspecified atom stereocenters. The number of halogens is 7. The average molecular weight is 1100 g/mol. The Morgan fingerprint density at radius 1 is 0.760 bits per heavy atom. The van der Waals surface area contributed by atoms with E-state index in [-0.39, 0.29) is 83.4 Å². The van der Waals surface area contributed by atoms with Crippen molar-refractivity contribution in [3.8, 4) is 40.5 Å². The molecule has 0 bridgehead atoms. The second-order valence-electron chi connectivity index (χ2n) is 15.9. The third-order valence-corrected chi connectivity index (χ3v) is 10.7. The van der Waals surface area contributed by atoms with Crippen molar-refractivity contribution in [3.63, 3.8) is 0 Å². The standard InChI is InChI=1S/C42H48ClN9O8S.2C2HF3O2/c1-23(2)36(50-33(53)13-15-44)41(55)59-21-30(60-42(56)37(24(3)4)51-34(54)14-16-45)20-57-29-11-7-25(8-12-29)35-31(17-46)38(48)52-40(32(35)18-47)61-22-28-19-58-39(49-28)26-5-9-27(43)10-6-26;2*3-2(4,5)1(6)7/h5-12,19,23-24,30,36-37H,13-16,20-22,44-45H2,1-4H3,(H2,48,52)(H,50,53)(H,51,54);2*(H,6,7)/t30-,36-,37?;;/m0../s1. The van der Waals surface area contributed by atoms with Crippen molar-refractivity contribution in [2.45, 2.75) is 81.9 Å². The number of alkyl halides is 6. The second-order valence-corrected chi connectivity index (χ2v) is 17.3. The maximum Gasteiger partial charge on any atom is 0.490 e. The Kier molecular flexibility index (Phi) is 25.3. The molecular weight excluding hydrogens is 1050 g/mol. The van der Waals surface area contributed by atoms with Crippen LogP contribution >= 0.6 is 23.4 Å². The van der Waals surface area contributed by atoms with Crippen LogP contribution in [0.25, 0.3) is 22.6 Å². The van der Waals surface area contributed by atoms with Gasteiger partial charge in [-0.3, -0.25) is 9.59 Å². The SMILES string of the molecule is CC(C)C(NC(=O)CCN)C(=O)O[C@H](COC(=O)[C@@H](NC(=O)CCN)C(C)C)COc1ccc(-c2c(C#N)c(N)nc(SCc3coc(-c4ccc(Cl)cc4)n3)c2C#N)cc1.O=C(O)C(F)(F)F.O=C(O)C(F)(F)F. The number of amides is 2. The lowest BCUT2D eigenvalue weighted by Crippen LogP contribution is -2.48. The zero-order valence-electron chi connectivity index (χ0n) is 40.1. The number of hydrogen-bond donors (Lipinski definition) is 7. The highest BCUT2D eigenvalue weighted by molar-refractivity contribution is 7.98. The van der Waals surface area contributed by atoms with Gasteiger partial charge in [0.15, 0.2) is 6.10 Å². The molecule has 2 heterocycles. The van der Waals surface area contributed by atoms with Crippen LogP contribution in [-0.4, -0.2) is 113 Å². The number of nitriles is 2. The van der Waals surface area contributed by atoms with Crippen molar-refractivity contribution in [2.24, 2.45) is 23.3 Å². The Hall–Kier alpha value is -7.66. The Labute approximate surface area is 433 Å². The number of nitrogens with two attached hydrogens (primary N) is 3. The van der Waals surface area contributed by atoms with Crippen molar-refractivity contribution in [1.82, 2.24) is 20.6 Å². The van der Waals surface area contributed by atoms with E-state index in [1.165, 1.54) is 18.0 Å². The number of nitrogens with zero attached hydrogens (tertiary/aromatic N) is 4. The molecule has 21 nitrogen and oxygen atoms in total. The first-order chi connectivity index (χ1) is 35.1. The fourth-order valence-corrected chi connectivity index (χ4v) is 6.70. The molecular formula is C46H50ClF6N9O12S. The topological polar surface area (TPSA) is 359 Å². The van der Waals surface area contributed by atoms with Crippen molar-refractivity contribution in [3.05, 3.63) is 76.6 Å². The molecule has 75 heavy (non-hydrogen) atoms. The van der Waals surface area contributed by atoms with Gasteiger partial charge in [0.25, 0.3) is 0 Å². The van der Waals surface area contributed by atoms with E-state index in [0.29, 0.717) is 22.2 Å². The van der Waals surface area contributed by atoms with Crippen LogP contribution in [0.3, 0.4) is 0 Å². The van der Waals surface area contributed by atoms with E-state index in [2.05, 4.69) is 32.7 Å². The third-order valence-electron chi connectivity index (χ3n) is 9.39. The second kappa shape index (κ2) is 29.9. The Morgan fingerprint density at radius 2 is 1.24 bits per heavy atom. The molecule has 0 radical (unpaired) electrons. The number of carboxylic acids is 2. The fraction of sp³-hybridized carbons (Fsp3) is 0.391. The van der Waals surface area contributed by atoms with Crippen LogP contribution in [0.15, 0.2) is 64.2 Å². The van der Waals surface area contributed by atoms with E-state index in [1.54, 1.807) is 76.2 Å². The van der Waals surface area contributed by atoms with Crippen LogP contribution in [0.2, 0.25) is 5.02 Å². The normalized spacial score (nSPS) is 12.2. The first kappa shape index (κ1) is 63.5. The fourth-order valence-electron chi connectivity index (χ4n) is 5.71. The summed E-state index contributed by atoms with van der Waals surface area (Å²) in [4.78, 5) is 77.9. The number of aromatic nitrogens is 2. The number of carboxylic acid groups (broad SMARTS) is 2. The molecule has 0 spiro atoms. The number of esters is 2. The van der Waals surface area contributed by atoms with E-state index in [9.17, 15) is 56.0 Å². The lowest BCUT2D eigenvalue weighted by Gasteiger charge is -2.26. The summed E-state index contributed by atoms with van der Waals surface area (Å²) < 4.78 is 86.4. The quantitative estimate of drug-likeness (QED) is 0.0296. The number of carbonyl (C=O) groups excluding carboxylic acids is 4. The molecule has 4 rings (SSSR count). The van der Waals surface area contributed by atoms with Crippen molar-refractivity contribution < 1.29 is 84.0 Å². The van der Waals surface area contributed by atoms with Crippen LogP contribution < -0.4 is 32.6 Å². The molecule has 10 N–H and O–H groups in total. The number of hydrogen-bond acceptors (Lipinski definition) is 18. The van der Waals surface area contributed by atoms with Crippen LogP contribution in [-0.2, 0) is 44.0 Å². The number of oxazole rings is 1. The molecule has 3 atom stereocenters. The summed E-state index contributed by atoms with van der Waals surface area (Å²) >= 11 is 7.20. The largest absolute Gasteiger partial charge is 0.490 e. The van der Waals surface area contributed by atoms with Gasteiger partial charge in [-0.1, -0.05) is 63.2 Å². The lowest BCUT2D eigenvalue weighted by atomic mass is 9.97. The van der Waals surface area contributed by atoms with Gasteiger partial charge in [0.2, 0.25) is 17.7 Å². The minimum absolute atomic E-state index is 0.00352. The Balaban J connectivity index is 0.00000120. The summed E-state index contributed by atoms with van der Waals surface area (Å²) in [7, 11) is 0. The number of benzene rings is 2. The summed E-state index contributed by atoms with van der Waals surface area (Å²) in [5, 5.41) is 40.8. The monoisotopic (exact) mass is 1100 g/mol. The van der Waals surface area contributed by atoms with Gasteiger partial charge in [-0.2, -0.15) is 36.9 Å². The third kappa shape index (κ3) is 21.0. The minimum atomic E-state index is -5.08. The van der Waals surface area contributed by atoms with Gasteiger partial charge in [-0.05, 0) is 53.8 Å². The smallest absolute Gasteiger partial charge is 0.490 e. The van der Waals surface area contributed by atoms with E-state index >= 15 is 0 Å². The first-order valence-corrected chi connectivity index (χ1v) is 23.1. The summed E-state index contributed by atoms with van der Waals surface area (Å²) in [5.41, 5.74) is 19.4. The van der Waals surface area contributed by atoms with Crippen molar-refractivity contribution in [1.29, 1.82) is 10.5 Å². The van der Waals surface area contributed by atoms with E-state index < -0.39 is 72.8 Å². The van der Waals surface area contributed by atoms with E-state index in [4.69, 9.17) is 67.2 Å². The number of rotatable bonds is 21. The van der Waals surface area contributed by atoms with E-state index in [1.807, 2.05) is 0 Å². The number of nitrogen functional groups attached to an aromatic ring is 1. The lowest BCUT2D eigenvalue weighted by molar-refractivity contribution is -0.193. The number of thioether (sulfide) groups is 1. The maximum absolute atomic E-state index is 13.4. The predicted molar refractivity (Wildman–Crippen MR) is 255 cm³/mol. The maximum atomic E-state index is 13.4. The van der Waals surface area contributed by atoms with E-state index in [0.717, 1.165) is 5.56 Å². The number of nitrogens with one attached hydrogen (secondary N) is 2. The highest BCUT2D eigenvalue weighted by atomic mass is 35.5. The highest BCUT2D eigenvalue weighted by Crippen LogP contribution is 2.37. The molecule has 29 heteroatoms. The van der Waals surface area contributed by atoms with Gasteiger partial charge in [0.05, 0.1) is 11.3 Å². The summed E-state index contributed by atoms with van der Waals surface area (Å²) in [6, 6.07) is 15.6. The minimum Gasteiger partial charge on any atom is -0.490 e. The van der Waals surface area contributed by atoms with Gasteiger partial charge in [-0.15, -0.1) is 0 Å². The van der Waals surface area contributed by atoms with Gasteiger partial charge in [0, 0.05) is 47.8 Å².